The zero-order valence-corrected chi connectivity index (χ0v) is 20.2. The second kappa shape index (κ2) is 9.37. The summed E-state index contributed by atoms with van der Waals surface area (Å²) in [4.78, 5) is 19.5. The lowest BCUT2D eigenvalue weighted by molar-refractivity contribution is -0.153. The van der Waals surface area contributed by atoms with Crippen molar-refractivity contribution in [2.45, 2.75) is 51.3 Å². The van der Waals surface area contributed by atoms with Gasteiger partial charge in [-0.3, -0.25) is 4.79 Å². The quantitative estimate of drug-likeness (QED) is 0.354. The predicted octanol–water partition coefficient (Wildman–Crippen LogP) is 5.49. The number of aromatic nitrogens is 2. The molecule has 2 saturated heterocycles. The normalized spacial score (nSPS) is 22.9. The molecule has 0 spiro atoms. The smallest absolute Gasteiger partial charge is 0.289 e. The van der Waals surface area contributed by atoms with Gasteiger partial charge in [0.25, 0.3) is 5.91 Å². The molecule has 3 aromatic rings. The van der Waals surface area contributed by atoms with Gasteiger partial charge in [0.15, 0.2) is 23.2 Å². The maximum atomic E-state index is 14.0. The van der Waals surface area contributed by atoms with Crippen LogP contribution in [0.3, 0.4) is 0 Å². The van der Waals surface area contributed by atoms with Crippen LogP contribution in [-0.2, 0) is 9.53 Å². The van der Waals surface area contributed by atoms with E-state index in [0.29, 0.717) is 24.2 Å². The molecule has 2 aliphatic rings. The van der Waals surface area contributed by atoms with Gasteiger partial charge in [0.2, 0.25) is 0 Å². The van der Waals surface area contributed by atoms with E-state index in [9.17, 15) is 18.0 Å². The minimum atomic E-state index is -1.52. The molecular formula is C27H26F3N3O3. The van der Waals surface area contributed by atoms with Crippen molar-refractivity contribution in [2.24, 2.45) is 0 Å². The van der Waals surface area contributed by atoms with Gasteiger partial charge in [-0.05, 0) is 74.6 Å². The summed E-state index contributed by atoms with van der Waals surface area (Å²) in [5.41, 5.74) is 2.58. The number of hydrogen-bond donors (Lipinski definition) is 0. The van der Waals surface area contributed by atoms with Crippen LogP contribution in [0.2, 0.25) is 0 Å². The topological polar surface area (TPSA) is 56.6 Å². The highest BCUT2D eigenvalue weighted by molar-refractivity contribution is 5.97. The Morgan fingerprint density at radius 1 is 1.14 bits per heavy atom. The lowest BCUT2D eigenvalue weighted by atomic mass is 9.87. The van der Waals surface area contributed by atoms with Crippen molar-refractivity contribution in [2.75, 3.05) is 7.11 Å². The Morgan fingerprint density at radius 3 is 2.56 bits per heavy atom. The van der Waals surface area contributed by atoms with Gasteiger partial charge in [0, 0.05) is 6.20 Å². The standard InChI is InChI=1S/C27H26F3N3O3/c1-15-13-32(14-31-15)23-8-7-17(9-24(23)35-3)10-25-27(34)33-21(16(2)36-25)5-4-6-22(33)18-11-19(28)26(30)20(29)12-18/h7-14,16,21-22H,4-6H2,1-3H3/b25-10-/t16-,21-,22+/m1/s1. The number of carbonyl (C=O) groups is 1. The number of amides is 1. The van der Waals surface area contributed by atoms with Crippen molar-refractivity contribution in [3.63, 3.8) is 0 Å². The summed E-state index contributed by atoms with van der Waals surface area (Å²) in [6.45, 7) is 3.77. The highest BCUT2D eigenvalue weighted by Crippen LogP contribution is 2.41. The summed E-state index contributed by atoms with van der Waals surface area (Å²) in [7, 11) is 1.56. The summed E-state index contributed by atoms with van der Waals surface area (Å²) in [6.07, 6.45) is 6.84. The number of piperidine rings is 1. The largest absolute Gasteiger partial charge is 0.495 e. The number of halogens is 3. The minimum absolute atomic E-state index is 0.127. The zero-order valence-electron chi connectivity index (χ0n) is 20.2. The van der Waals surface area contributed by atoms with Crippen molar-refractivity contribution in [1.82, 2.24) is 14.5 Å². The molecule has 1 aromatic heterocycles. The van der Waals surface area contributed by atoms with E-state index in [0.717, 1.165) is 29.9 Å². The predicted molar refractivity (Wildman–Crippen MR) is 127 cm³/mol. The first kappa shape index (κ1) is 24.0. The molecule has 36 heavy (non-hydrogen) atoms. The molecule has 0 radical (unpaired) electrons. The van der Waals surface area contributed by atoms with Gasteiger partial charge in [-0.25, -0.2) is 18.2 Å². The number of nitrogens with zero attached hydrogens (tertiary/aromatic N) is 3. The highest BCUT2D eigenvalue weighted by atomic mass is 19.2. The van der Waals surface area contributed by atoms with E-state index in [2.05, 4.69) is 4.98 Å². The van der Waals surface area contributed by atoms with E-state index in [1.165, 1.54) is 0 Å². The van der Waals surface area contributed by atoms with E-state index in [-0.39, 0.29) is 29.4 Å². The third kappa shape index (κ3) is 4.23. The summed E-state index contributed by atoms with van der Waals surface area (Å²) < 4.78 is 55.0. The van der Waals surface area contributed by atoms with Crippen molar-refractivity contribution >= 4 is 12.0 Å². The molecular weight excluding hydrogens is 471 g/mol. The van der Waals surface area contributed by atoms with Crippen LogP contribution >= 0.6 is 0 Å². The number of imidazole rings is 1. The summed E-state index contributed by atoms with van der Waals surface area (Å²) in [5, 5.41) is 0. The molecule has 2 aliphatic heterocycles. The number of hydrogen-bond acceptors (Lipinski definition) is 4. The van der Waals surface area contributed by atoms with E-state index in [1.54, 1.807) is 30.5 Å². The van der Waals surface area contributed by atoms with Gasteiger partial charge < -0.3 is 18.9 Å². The van der Waals surface area contributed by atoms with E-state index >= 15 is 0 Å². The number of ether oxygens (including phenoxy) is 2. The second-order valence-corrected chi connectivity index (χ2v) is 9.21. The Bertz CT molecular complexity index is 1330. The SMILES string of the molecule is COc1cc(/C=C2\O[C@H](C)[C@H]3CCC[C@@H](c4cc(F)c(F)c(F)c4)N3C2=O)ccc1-n1cnc(C)c1. The van der Waals surface area contributed by atoms with Crippen LogP contribution < -0.4 is 4.74 Å². The van der Waals surface area contributed by atoms with Crippen LogP contribution in [-0.4, -0.2) is 39.6 Å². The molecule has 3 heterocycles. The Hall–Kier alpha value is -3.75. The van der Waals surface area contributed by atoms with Gasteiger partial charge in [0.05, 0.1) is 36.9 Å². The molecule has 0 bridgehead atoms. The van der Waals surface area contributed by atoms with Gasteiger partial charge in [-0.15, -0.1) is 0 Å². The van der Waals surface area contributed by atoms with Gasteiger partial charge in [-0.2, -0.15) is 0 Å². The van der Waals surface area contributed by atoms with Crippen LogP contribution in [0.1, 0.15) is 49.0 Å². The maximum Gasteiger partial charge on any atom is 0.289 e. The number of carbonyl (C=O) groups excluding carboxylic acids is 1. The number of aryl methyl sites for hydroxylation is 1. The molecule has 0 unspecified atom stereocenters. The Balaban J connectivity index is 1.49. The Labute approximate surface area is 207 Å². The second-order valence-electron chi connectivity index (χ2n) is 9.21. The molecule has 0 N–H and O–H groups in total. The Morgan fingerprint density at radius 2 is 1.89 bits per heavy atom. The summed E-state index contributed by atoms with van der Waals surface area (Å²) in [6, 6.07) is 6.60. The van der Waals surface area contributed by atoms with Crippen molar-refractivity contribution in [3.8, 4) is 11.4 Å². The fourth-order valence-corrected chi connectivity index (χ4v) is 5.13. The van der Waals surface area contributed by atoms with Crippen molar-refractivity contribution < 1.29 is 27.4 Å². The average Bonchev–Trinajstić information content (AvgIpc) is 3.30. The Kier molecular flexibility index (Phi) is 6.24. The molecule has 5 rings (SSSR count). The fourth-order valence-electron chi connectivity index (χ4n) is 5.13. The lowest BCUT2D eigenvalue weighted by Gasteiger charge is -2.48. The summed E-state index contributed by atoms with van der Waals surface area (Å²) in [5.74, 6) is -3.71. The van der Waals surface area contributed by atoms with Crippen molar-refractivity contribution in [1.29, 1.82) is 0 Å². The van der Waals surface area contributed by atoms with Crippen molar-refractivity contribution in [3.05, 3.63) is 82.9 Å². The number of methoxy groups -OCH3 is 1. The first-order valence-electron chi connectivity index (χ1n) is 11.8. The molecule has 3 atom stereocenters. The molecule has 6 nitrogen and oxygen atoms in total. The summed E-state index contributed by atoms with van der Waals surface area (Å²) >= 11 is 0. The first-order valence-corrected chi connectivity index (χ1v) is 11.8. The highest BCUT2D eigenvalue weighted by Gasteiger charge is 2.44. The van der Waals surface area contributed by atoms with Crippen LogP contribution in [0.4, 0.5) is 13.2 Å². The monoisotopic (exact) mass is 497 g/mol. The average molecular weight is 498 g/mol. The molecule has 9 heteroatoms. The van der Waals surface area contributed by atoms with E-state index in [1.807, 2.05) is 36.7 Å². The van der Waals surface area contributed by atoms with E-state index < -0.39 is 23.5 Å². The lowest BCUT2D eigenvalue weighted by Crippen LogP contribution is -2.55. The molecule has 1 amide bonds. The third-order valence-electron chi connectivity index (χ3n) is 6.85. The zero-order chi connectivity index (χ0) is 25.6. The minimum Gasteiger partial charge on any atom is -0.495 e. The molecule has 2 aromatic carbocycles. The fraction of sp³-hybridized carbons (Fsp3) is 0.333. The van der Waals surface area contributed by atoms with E-state index in [4.69, 9.17) is 9.47 Å². The number of rotatable bonds is 4. The number of benzene rings is 2. The maximum absolute atomic E-state index is 14.0. The molecule has 0 aliphatic carbocycles. The molecule has 0 saturated carbocycles. The number of morpholine rings is 1. The molecule has 2 fully saturated rings. The van der Waals surface area contributed by atoms with Crippen LogP contribution in [0.5, 0.6) is 5.75 Å². The first-order chi connectivity index (χ1) is 17.3. The van der Waals surface area contributed by atoms with Gasteiger partial charge >= 0.3 is 0 Å². The molecule has 188 valence electrons. The van der Waals surface area contributed by atoms with Gasteiger partial charge in [0.1, 0.15) is 11.9 Å². The van der Waals surface area contributed by atoms with Gasteiger partial charge in [-0.1, -0.05) is 6.07 Å². The number of fused-ring (bicyclic) bond motifs is 1. The third-order valence-corrected chi connectivity index (χ3v) is 6.85. The van der Waals surface area contributed by atoms with Crippen LogP contribution in [0.15, 0.2) is 48.6 Å². The van der Waals surface area contributed by atoms with Crippen LogP contribution in [0.25, 0.3) is 11.8 Å². The van der Waals surface area contributed by atoms with Crippen LogP contribution in [0, 0.1) is 24.4 Å².